The number of aromatic hydroxyl groups is 4. The van der Waals surface area contributed by atoms with Gasteiger partial charge in [-0.3, -0.25) is 14.4 Å². The van der Waals surface area contributed by atoms with Crippen molar-refractivity contribution in [2.24, 2.45) is 0 Å². The molecule has 1 fully saturated rings. The minimum atomic E-state index is -0.795. The predicted molar refractivity (Wildman–Crippen MR) is 204 cm³/mol. The maximum Gasteiger partial charge on any atom is 0.263 e. The van der Waals surface area contributed by atoms with E-state index < -0.39 is 40.4 Å². The van der Waals surface area contributed by atoms with Gasteiger partial charge in [0.05, 0.1) is 20.1 Å². The Hall–Kier alpha value is -4.93. The zero-order valence-corrected chi connectivity index (χ0v) is 30.3. The van der Waals surface area contributed by atoms with Gasteiger partial charge >= 0.3 is 0 Å². The lowest BCUT2D eigenvalue weighted by molar-refractivity contribution is 0.101. The molecular formula is C39H32Cl4N2O7. The number of carbonyl (C=O) groups excluding carboxylic acids is 3. The van der Waals surface area contributed by atoms with Gasteiger partial charge in [0.15, 0.2) is 28.8 Å². The van der Waals surface area contributed by atoms with Crippen LogP contribution in [0.3, 0.4) is 0 Å². The largest absolute Gasteiger partial charge is 0.505 e. The van der Waals surface area contributed by atoms with Gasteiger partial charge in [-0.05, 0) is 72.9 Å². The molecule has 0 unspecified atom stereocenters. The monoisotopic (exact) mass is 780 g/mol. The van der Waals surface area contributed by atoms with Gasteiger partial charge in [-0.1, -0.05) is 108 Å². The van der Waals surface area contributed by atoms with E-state index in [1.165, 1.54) is 55.9 Å². The Kier molecular flexibility index (Phi) is 12.6. The minimum Gasteiger partial charge on any atom is -0.505 e. The van der Waals surface area contributed by atoms with Crippen LogP contribution >= 0.6 is 46.4 Å². The maximum absolute atomic E-state index is 12.4. The van der Waals surface area contributed by atoms with Crippen LogP contribution in [0, 0.1) is 0 Å². The number of amides is 2. The third-order valence-corrected chi connectivity index (χ3v) is 9.65. The van der Waals surface area contributed by atoms with Gasteiger partial charge in [-0.2, -0.15) is 0 Å². The van der Waals surface area contributed by atoms with Gasteiger partial charge in [-0.25, -0.2) is 0 Å². The third-order valence-electron chi connectivity index (χ3n) is 8.50. The van der Waals surface area contributed by atoms with Crippen LogP contribution in [0.25, 0.3) is 0 Å². The molecule has 6 rings (SSSR count). The van der Waals surface area contributed by atoms with Gasteiger partial charge in [0.1, 0.15) is 11.1 Å². The highest BCUT2D eigenvalue weighted by molar-refractivity contribution is 6.38. The van der Waals surface area contributed by atoms with Crippen molar-refractivity contribution in [1.82, 2.24) is 0 Å². The molecule has 0 radical (unpaired) electrons. The van der Waals surface area contributed by atoms with E-state index in [-0.39, 0.29) is 31.4 Å². The van der Waals surface area contributed by atoms with Crippen LogP contribution in [0.2, 0.25) is 20.1 Å². The molecule has 0 saturated heterocycles. The van der Waals surface area contributed by atoms with Crippen molar-refractivity contribution in [3.05, 3.63) is 139 Å². The van der Waals surface area contributed by atoms with E-state index in [1.807, 2.05) is 30.3 Å². The molecule has 0 aliphatic heterocycles. The van der Waals surface area contributed by atoms with Crippen LogP contribution in [0.5, 0.6) is 23.0 Å². The standard InChI is InChI=1S/C20H13Cl2NO4.C19H19Cl2NO3/c21-14-10-15(22)19(26)16(18(14)25)20(27)23-13-8-6-12(7-9-13)17(24)11-4-2-1-3-5-11;20-14-10-15(21)18(24)16(17(14)23)19(25)22-13-8-6-12(7-9-13)11-4-2-1-3-5-11/h1-10,25-26H,(H,23,27);6-11,23-24H,1-5H2,(H,22,25). The fraction of sp³-hybridized carbons (Fsp3) is 0.154. The fourth-order valence-electron chi connectivity index (χ4n) is 5.75. The fourth-order valence-corrected chi connectivity index (χ4v) is 6.68. The van der Waals surface area contributed by atoms with Crippen LogP contribution < -0.4 is 10.6 Å². The average molecular weight is 783 g/mol. The van der Waals surface area contributed by atoms with E-state index in [2.05, 4.69) is 10.6 Å². The Morgan fingerprint density at radius 3 is 1.33 bits per heavy atom. The lowest BCUT2D eigenvalue weighted by Gasteiger charge is -2.22. The molecule has 1 aliphatic rings. The number of halogens is 4. The summed E-state index contributed by atoms with van der Waals surface area (Å²) in [6, 6.07) is 25.0. The molecular weight excluding hydrogens is 750 g/mol. The first-order valence-corrected chi connectivity index (χ1v) is 17.6. The number of carbonyl (C=O) groups is 3. The van der Waals surface area contributed by atoms with E-state index in [9.17, 15) is 34.8 Å². The molecule has 0 atom stereocenters. The molecule has 52 heavy (non-hydrogen) atoms. The highest BCUT2D eigenvalue weighted by atomic mass is 35.5. The minimum absolute atomic E-state index is 0.0967. The van der Waals surface area contributed by atoms with Crippen LogP contribution in [-0.4, -0.2) is 38.0 Å². The van der Waals surface area contributed by atoms with E-state index in [1.54, 1.807) is 36.4 Å². The van der Waals surface area contributed by atoms with E-state index in [4.69, 9.17) is 46.4 Å². The summed E-state index contributed by atoms with van der Waals surface area (Å²) in [5, 5.41) is 44.4. The highest BCUT2D eigenvalue weighted by Gasteiger charge is 2.24. The summed E-state index contributed by atoms with van der Waals surface area (Å²) in [5.41, 5.74) is 2.44. The molecule has 1 saturated carbocycles. The molecule has 6 N–H and O–H groups in total. The molecule has 0 heterocycles. The first-order valence-electron chi connectivity index (χ1n) is 16.1. The zero-order valence-electron chi connectivity index (χ0n) is 27.3. The molecule has 0 aromatic heterocycles. The van der Waals surface area contributed by atoms with Crippen molar-refractivity contribution in [1.29, 1.82) is 0 Å². The van der Waals surface area contributed by atoms with Gasteiger partial charge in [0, 0.05) is 22.5 Å². The van der Waals surface area contributed by atoms with E-state index in [0.717, 1.165) is 6.07 Å². The summed E-state index contributed by atoms with van der Waals surface area (Å²) in [6.07, 6.45) is 6.23. The molecule has 268 valence electrons. The van der Waals surface area contributed by atoms with Crippen molar-refractivity contribution in [2.75, 3.05) is 10.6 Å². The number of hydrogen-bond donors (Lipinski definition) is 6. The Morgan fingerprint density at radius 1 is 0.519 bits per heavy atom. The Bertz CT molecular complexity index is 2050. The van der Waals surface area contributed by atoms with Crippen LogP contribution in [0.1, 0.15) is 80.2 Å². The Morgan fingerprint density at radius 2 is 0.904 bits per heavy atom. The first kappa shape index (κ1) is 38.3. The number of nitrogens with one attached hydrogen (secondary N) is 2. The quantitative estimate of drug-likeness (QED) is 0.0898. The van der Waals surface area contributed by atoms with Crippen LogP contribution in [0.15, 0.2) is 91.0 Å². The van der Waals surface area contributed by atoms with Crippen molar-refractivity contribution in [2.45, 2.75) is 38.0 Å². The summed E-state index contributed by atoms with van der Waals surface area (Å²) < 4.78 is 0. The molecule has 5 aromatic rings. The van der Waals surface area contributed by atoms with Gasteiger partial charge in [0.2, 0.25) is 0 Å². The lowest BCUT2D eigenvalue weighted by Crippen LogP contribution is -2.13. The number of anilines is 2. The van der Waals surface area contributed by atoms with Gasteiger partial charge in [-0.15, -0.1) is 0 Å². The van der Waals surface area contributed by atoms with Crippen LogP contribution in [0.4, 0.5) is 11.4 Å². The third kappa shape index (κ3) is 8.92. The Labute approximate surface area is 319 Å². The second kappa shape index (κ2) is 17.1. The molecule has 13 heteroatoms. The SMILES string of the molecule is O=C(Nc1ccc(C2CCCCC2)cc1)c1c(O)c(Cl)cc(Cl)c1O.O=C(c1ccccc1)c1ccc(NC(=O)c2c(O)c(Cl)cc(Cl)c2O)cc1. The second-order valence-electron chi connectivity index (χ2n) is 12.0. The Balaban J connectivity index is 0.000000202. The number of phenolic OH excluding ortho intramolecular Hbond substituents is 4. The van der Waals surface area contributed by atoms with Crippen molar-refractivity contribution in [3.63, 3.8) is 0 Å². The molecule has 0 spiro atoms. The number of ketones is 1. The predicted octanol–water partition coefficient (Wildman–Crippen LogP) is 10.6. The number of hydrogen-bond acceptors (Lipinski definition) is 7. The zero-order chi connectivity index (χ0) is 37.5. The summed E-state index contributed by atoms with van der Waals surface area (Å²) in [5.74, 6) is -3.19. The smallest absolute Gasteiger partial charge is 0.263 e. The normalized spacial score (nSPS) is 12.7. The van der Waals surface area contributed by atoms with Crippen molar-refractivity contribution >= 4 is 75.4 Å². The lowest BCUT2D eigenvalue weighted by atomic mass is 9.84. The van der Waals surface area contributed by atoms with E-state index >= 15 is 0 Å². The second-order valence-corrected chi connectivity index (χ2v) is 13.6. The average Bonchev–Trinajstić information content (AvgIpc) is 3.15. The van der Waals surface area contributed by atoms with Gasteiger partial charge in [0.25, 0.3) is 11.8 Å². The summed E-state index contributed by atoms with van der Waals surface area (Å²) in [4.78, 5) is 37.2. The molecule has 9 nitrogen and oxygen atoms in total. The topological polar surface area (TPSA) is 156 Å². The van der Waals surface area contributed by atoms with Crippen molar-refractivity contribution in [3.8, 4) is 23.0 Å². The molecule has 5 aromatic carbocycles. The first-order chi connectivity index (χ1) is 24.8. The summed E-state index contributed by atoms with van der Waals surface area (Å²) in [6.45, 7) is 0. The number of benzene rings is 5. The van der Waals surface area contributed by atoms with E-state index in [0.29, 0.717) is 28.4 Å². The van der Waals surface area contributed by atoms with Crippen LogP contribution in [-0.2, 0) is 0 Å². The highest BCUT2D eigenvalue weighted by Crippen LogP contribution is 2.41. The molecule has 1 aliphatic carbocycles. The number of rotatable bonds is 7. The molecule has 0 bridgehead atoms. The summed E-state index contributed by atoms with van der Waals surface area (Å²) >= 11 is 23.2. The van der Waals surface area contributed by atoms with Crippen molar-refractivity contribution < 1.29 is 34.8 Å². The molecule has 2 amide bonds. The summed E-state index contributed by atoms with van der Waals surface area (Å²) in [7, 11) is 0. The maximum atomic E-state index is 12.4. The number of phenols is 4. The van der Waals surface area contributed by atoms with Gasteiger partial charge < -0.3 is 31.1 Å².